The largest absolute Gasteiger partial charge is 0.497 e. The van der Waals surface area contributed by atoms with Gasteiger partial charge in [0, 0.05) is 49.0 Å². The van der Waals surface area contributed by atoms with Crippen molar-refractivity contribution in [1.82, 2.24) is 24.2 Å². The molecule has 0 radical (unpaired) electrons. The molecule has 4 aromatic rings. The number of fused-ring (bicyclic) bond motifs is 1. The summed E-state index contributed by atoms with van der Waals surface area (Å²) in [5.74, 6) is 0.242. The summed E-state index contributed by atoms with van der Waals surface area (Å²) in [4.78, 5) is 16.0. The summed E-state index contributed by atoms with van der Waals surface area (Å²) in [6.45, 7) is 1.11. The Morgan fingerprint density at radius 3 is 2.97 bits per heavy atom. The van der Waals surface area contributed by atoms with Crippen LogP contribution in [0.2, 0.25) is 5.02 Å². The minimum atomic E-state index is -3.67. The Kier molecular flexibility index (Phi) is 6.78. The van der Waals surface area contributed by atoms with E-state index < -0.39 is 15.8 Å². The number of aromatic amines is 1. The third kappa shape index (κ3) is 4.86. The van der Waals surface area contributed by atoms with E-state index in [1.54, 1.807) is 30.5 Å². The topological polar surface area (TPSA) is 113 Å². The molecule has 1 aliphatic rings. The number of nitrogens with zero attached hydrogens (tertiary/aromatic N) is 4. The number of methoxy groups -OCH3 is 1. The molecular weight excluding hydrogens is 507 g/mol. The normalized spacial score (nSPS) is 16.8. The summed E-state index contributed by atoms with van der Waals surface area (Å²) in [6, 6.07) is 8.18. The van der Waals surface area contributed by atoms with E-state index in [2.05, 4.69) is 25.3 Å². The number of sulfonamides is 1. The van der Waals surface area contributed by atoms with Crippen LogP contribution in [-0.2, 0) is 10.0 Å². The van der Waals surface area contributed by atoms with Gasteiger partial charge in [0.1, 0.15) is 11.4 Å². The number of ether oxygens (including phenoxy) is 1. The van der Waals surface area contributed by atoms with Crippen molar-refractivity contribution >= 4 is 38.5 Å². The van der Waals surface area contributed by atoms with E-state index in [9.17, 15) is 12.8 Å². The van der Waals surface area contributed by atoms with Crippen LogP contribution in [0.5, 0.6) is 5.75 Å². The second-order valence-corrected chi connectivity index (χ2v) is 10.9. The third-order valence-corrected chi connectivity index (χ3v) is 8.27. The van der Waals surface area contributed by atoms with Crippen LogP contribution in [0.3, 0.4) is 0 Å². The number of anilines is 1. The van der Waals surface area contributed by atoms with Crippen molar-refractivity contribution in [3.05, 3.63) is 59.8 Å². The number of benzene rings is 1. The van der Waals surface area contributed by atoms with Crippen LogP contribution in [-0.4, -0.2) is 59.4 Å². The number of halogens is 2. The fraction of sp³-hybridized carbons (Fsp3) is 0.292. The lowest BCUT2D eigenvalue weighted by Crippen LogP contribution is -2.41. The molecule has 0 spiro atoms. The summed E-state index contributed by atoms with van der Waals surface area (Å²) < 4.78 is 47.6. The lowest BCUT2D eigenvalue weighted by atomic mass is 10.00. The molecule has 5 rings (SSSR count). The molecule has 36 heavy (non-hydrogen) atoms. The van der Waals surface area contributed by atoms with Crippen molar-refractivity contribution < 1.29 is 17.5 Å². The quantitative estimate of drug-likeness (QED) is 0.365. The van der Waals surface area contributed by atoms with Gasteiger partial charge in [-0.25, -0.2) is 27.8 Å². The summed E-state index contributed by atoms with van der Waals surface area (Å²) in [6.07, 6.45) is 5.86. The number of H-pyrrole nitrogens is 1. The van der Waals surface area contributed by atoms with E-state index in [1.165, 1.54) is 23.7 Å². The van der Waals surface area contributed by atoms with Gasteiger partial charge in [0.15, 0.2) is 17.5 Å². The summed E-state index contributed by atoms with van der Waals surface area (Å²) in [5, 5.41) is 4.25. The van der Waals surface area contributed by atoms with Crippen LogP contribution in [0.25, 0.3) is 22.4 Å². The average Bonchev–Trinajstić information content (AvgIpc) is 3.31. The van der Waals surface area contributed by atoms with Crippen LogP contribution in [0.15, 0.2) is 53.8 Å². The highest BCUT2D eigenvalue weighted by atomic mass is 35.5. The van der Waals surface area contributed by atoms with Gasteiger partial charge in [-0.05, 0) is 37.0 Å². The number of piperidine rings is 1. The second-order valence-electron chi connectivity index (χ2n) is 8.57. The van der Waals surface area contributed by atoms with E-state index in [0.29, 0.717) is 53.9 Å². The zero-order chi connectivity index (χ0) is 25.3. The van der Waals surface area contributed by atoms with Gasteiger partial charge in [-0.15, -0.1) is 0 Å². The molecule has 12 heteroatoms. The fourth-order valence-electron chi connectivity index (χ4n) is 4.35. The molecule has 1 aromatic carbocycles. The van der Waals surface area contributed by atoms with Gasteiger partial charge in [0.25, 0.3) is 0 Å². The van der Waals surface area contributed by atoms with Crippen LogP contribution in [0, 0.1) is 11.7 Å². The van der Waals surface area contributed by atoms with Crippen molar-refractivity contribution in [1.29, 1.82) is 0 Å². The minimum Gasteiger partial charge on any atom is -0.497 e. The maximum Gasteiger partial charge on any atom is 0.243 e. The molecule has 1 aliphatic heterocycles. The predicted molar refractivity (Wildman–Crippen MR) is 135 cm³/mol. The second kappa shape index (κ2) is 10.00. The van der Waals surface area contributed by atoms with Gasteiger partial charge in [-0.2, -0.15) is 4.31 Å². The molecule has 0 amide bonds. The standard InChI is InChI=1S/C24H24ClFN6O3S/c1-35-17-5-2-6-18(9-17)36(33,34)32-7-3-4-15(14-32)10-27-24-21(26)13-30-23(31-24)20-12-29-22-19(20)8-16(25)11-28-22/h2,5-6,8-9,11-13,15H,3-4,7,10,14H2,1H3,(H,28,29)(H,27,30,31)/t15-/m1/s1. The highest BCUT2D eigenvalue weighted by Crippen LogP contribution is 2.29. The first-order chi connectivity index (χ1) is 17.3. The lowest BCUT2D eigenvalue weighted by Gasteiger charge is -2.32. The van der Waals surface area contributed by atoms with Crippen molar-refractivity contribution in [3.8, 4) is 17.1 Å². The van der Waals surface area contributed by atoms with Gasteiger partial charge in [0.2, 0.25) is 10.0 Å². The Morgan fingerprint density at radius 2 is 2.14 bits per heavy atom. The molecule has 0 unspecified atom stereocenters. The van der Waals surface area contributed by atoms with Gasteiger partial charge < -0.3 is 15.0 Å². The number of hydrogen-bond donors (Lipinski definition) is 2. The molecule has 1 fully saturated rings. The van der Waals surface area contributed by atoms with Crippen LogP contribution in [0.1, 0.15) is 12.8 Å². The molecule has 9 nitrogen and oxygen atoms in total. The first-order valence-corrected chi connectivity index (χ1v) is 13.2. The molecule has 0 saturated carbocycles. The Balaban J connectivity index is 1.31. The average molecular weight is 531 g/mol. The molecular formula is C24H24ClFN6O3S. The Morgan fingerprint density at radius 1 is 1.28 bits per heavy atom. The molecule has 3 aromatic heterocycles. The molecule has 188 valence electrons. The summed E-state index contributed by atoms with van der Waals surface area (Å²) >= 11 is 6.08. The summed E-state index contributed by atoms with van der Waals surface area (Å²) in [5.41, 5.74) is 1.27. The number of aromatic nitrogens is 4. The number of nitrogens with one attached hydrogen (secondary N) is 2. The van der Waals surface area contributed by atoms with Crippen molar-refractivity contribution in [2.75, 3.05) is 32.1 Å². The SMILES string of the molecule is COc1cccc(S(=O)(=O)N2CCC[C@H](CNc3nc(-c4c[nH]c5ncc(Cl)cc45)ncc3F)C2)c1. The van der Waals surface area contributed by atoms with E-state index >= 15 is 0 Å². The number of rotatable bonds is 7. The molecule has 1 saturated heterocycles. The maximum absolute atomic E-state index is 14.6. The number of pyridine rings is 1. The van der Waals surface area contributed by atoms with Gasteiger partial charge in [-0.1, -0.05) is 17.7 Å². The number of hydrogen-bond acceptors (Lipinski definition) is 7. The molecule has 0 bridgehead atoms. The zero-order valence-corrected chi connectivity index (χ0v) is 21.0. The Labute approximate surface area is 212 Å². The maximum atomic E-state index is 14.6. The van der Waals surface area contributed by atoms with Gasteiger partial charge >= 0.3 is 0 Å². The Bertz CT molecular complexity index is 1510. The van der Waals surface area contributed by atoms with E-state index in [4.69, 9.17) is 16.3 Å². The molecule has 1 atom stereocenters. The lowest BCUT2D eigenvalue weighted by molar-refractivity contribution is 0.275. The van der Waals surface area contributed by atoms with Crippen molar-refractivity contribution in [2.24, 2.45) is 5.92 Å². The summed E-state index contributed by atoms with van der Waals surface area (Å²) in [7, 11) is -2.18. The van der Waals surface area contributed by atoms with Crippen LogP contribution < -0.4 is 10.1 Å². The predicted octanol–water partition coefficient (Wildman–Crippen LogP) is 4.33. The van der Waals surface area contributed by atoms with Crippen LogP contribution in [0.4, 0.5) is 10.2 Å². The fourth-order valence-corrected chi connectivity index (χ4v) is 6.10. The highest BCUT2D eigenvalue weighted by molar-refractivity contribution is 7.89. The monoisotopic (exact) mass is 530 g/mol. The molecule has 0 aliphatic carbocycles. The molecule has 2 N–H and O–H groups in total. The highest BCUT2D eigenvalue weighted by Gasteiger charge is 2.30. The molecule has 4 heterocycles. The minimum absolute atomic E-state index is 0.0203. The van der Waals surface area contributed by atoms with Crippen molar-refractivity contribution in [2.45, 2.75) is 17.7 Å². The third-order valence-electron chi connectivity index (χ3n) is 6.20. The van der Waals surface area contributed by atoms with Gasteiger partial charge in [-0.3, -0.25) is 0 Å². The first kappa shape index (κ1) is 24.4. The first-order valence-electron chi connectivity index (χ1n) is 11.4. The Hall–Kier alpha value is -3.28. The smallest absolute Gasteiger partial charge is 0.243 e. The van der Waals surface area contributed by atoms with E-state index in [1.807, 2.05) is 0 Å². The van der Waals surface area contributed by atoms with Crippen molar-refractivity contribution in [3.63, 3.8) is 0 Å². The van der Waals surface area contributed by atoms with Crippen LogP contribution >= 0.6 is 11.6 Å². The zero-order valence-electron chi connectivity index (χ0n) is 19.4. The van der Waals surface area contributed by atoms with E-state index in [0.717, 1.165) is 18.0 Å². The van der Waals surface area contributed by atoms with E-state index in [-0.39, 0.29) is 16.6 Å². The van der Waals surface area contributed by atoms with Gasteiger partial charge in [0.05, 0.1) is 23.2 Å².